The molecule has 0 aliphatic carbocycles. The van der Waals surface area contributed by atoms with Gasteiger partial charge in [0.1, 0.15) is 28.9 Å². The Morgan fingerprint density at radius 3 is 2.73 bits per heavy atom. The number of amides is 1. The Morgan fingerprint density at radius 2 is 2.07 bits per heavy atom. The van der Waals surface area contributed by atoms with Crippen LogP contribution in [-0.2, 0) is 11.4 Å². The Kier molecular flexibility index (Phi) is 6.51. The van der Waals surface area contributed by atoms with E-state index in [1.165, 1.54) is 31.4 Å². The highest BCUT2D eigenvalue weighted by atomic mass is 35.5. The summed E-state index contributed by atoms with van der Waals surface area (Å²) in [6.07, 6.45) is 2.71. The van der Waals surface area contributed by atoms with E-state index in [-0.39, 0.29) is 17.3 Å². The third-order valence-electron chi connectivity index (χ3n) is 4.14. The Labute approximate surface area is 176 Å². The van der Waals surface area contributed by atoms with Crippen molar-refractivity contribution < 1.29 is 24.0 Å². The number of halogens is 1. The van der Waals surface area contributed by atoms with Crippen LogP contribution in [0.5, 0.6) is 5.75 Å². The minimum atomic E-state index is -0.588. The number of aliphatic hydroxyl groups is 1. The number of nitro benzene ring substituents is 1. The molecule has 0 bridgehead atoms. The predicted molar refractivity (Wildman–Crippen MR) is 112 cm³/mol. The fourth-order valence-corrected chi connectivity index (χ4v) is 2.90. The molecule has 2 N–H and O–H groups in total. The highest BCUT2D eigenvalue weighted by Crippen LogP contribution is 2.34. The second kappa shape index (κ2) is 9.25. The molecule has 0 atom stereocenters. The average Bonchev–Trinajstić information content (AvgIpc) is 3.22. The van der Waals surface area contributed by atoms with Crippen LogP contribution in [0.4, 0.5) is 11.4 Å². The van der Waals surface area contributed by atoms with Crippen molar-refractivity contribution in [1.29, 1.82) is 0 Å². The van der Waals surface area contributed by atoms with Crippen molar-refractivity contribution in [1.82, 2.24) is 0 Å². The summed E-state index contributed by atoms with van der Waals surface area (Å²) in [5.41, 5.74) is 1.32. The number of rotatable bonds is 7. The Hall–Kier alpha value is -3.62. The zero-order valence-electron chi connectivity index (χ0n) is 15.8. The van der Waals surface area contributed by atoms with Crippen molar-refractivity contribution in [3.05, 3.63) is 81.1 Å². The SMILES string of the molecule is COc1ccc(NC(=O)/C=C/c2ccc(Cl)c([N+](=O)[O-])c2)cc1-c1ccc(CO)o1. The van der Waals surface area contributed by atoms with Crippen LogP contribution in [-0.4, -0.2) is 23.0 Å². The maximum absolute atomic E-state index is 12.3. The van der Waals surface area contributed by atoms with E-state index >= 15 is 0 Å². The number of carbonyl (C=O) groups is 1. The van der Waals surface area contributed by atoms with Crippen LogP contribution in [0.15, 0.2) is 59.0 Å². The number of nitrogens with zero attached hydrogens (tertiary/aromatic N) is 1. The van der Waals surface area contributed by atoms with E-state index in [1.54, 1.807) is 36.4 Å². The number of benzene rings is 2. The van der Waals surface area contributed by atoms with Gasteiger partial charge in [-0.15, -0.1) is 0 Å². The largest absolute Gasteiger partial charge is 0.496 e. The molecule has 2 aromatic carbocycles. The second-order valence-electron chi connectivity index (χ2n) is 6.13. The van der Waals surface area contributed by atoms with Gasteiger partial charge in [-0.05, 0) is 48.0 Å². The third-order valence-corrected chi connectivity index (χ3v) is 4.46. The molecule has 0 radical (unpaired) electrons. The van der Waals surface area contributed by atoms with Gasteiger partial charge >= 0.3 is 0 Å². The predicted octanol–water partition coefficient (Wildman–Crippen LogP) is 4.66. The van der Waals surface area contributed by atoms with E-state index in [1.807, 2.05) is 0 Å². The fraction of sp³-hybridized carbons (Fsp3) is 0.0952. The molecule has 0 aliphatic heterocycles. The molecule has 0 fully saturated rings. The topological polar surface area (TPSA) is 115 Å². The zero-order valence-corrected chi connectivity index (χ0v) is 16.6. The Morgan fingerprint density at radius 1 is 1.27 bits per heavy atom. The van der Waals surface area contributed by atoms with Gasteiger partial charge in [0.2, 0.25) is 5.91 Å². The maximum Gasteiger partial charge on any atom is 0.288 e. The lowest BCUT2D eigenvalue weighted by Crippen LogP contribution is -2.07. The van der Waals surface area contributed by atoms with Crippen molar-refractivity contribution in [3.63, 3.8) is 0 Å². The second-order valence-corrected chi connectivity index (χ2v) is 6.54. The molecule has 1 aromatic heterocycles. The summed E-state index contributed by atoms with van der Waals surface area (Å²) in [7, 11) is 1.51. The van der Waals surface area contributed by atoms with E-state index in [2.05, 4.69) is 5.32 Å². The van der Waals surface area contributed by atoms with Crippen molar-refractivity contribution >= 4 is 35.0 Å². The molecule has 0 aliphatic rings. The highest BCUT2D eigenvalue weighted by molar-refractivity contribution is 6.32. The lowest BCUT2D eigenvalue weighted by atomic mass is 10.1. The number of furan rings is 1. The number of nitrogens with one attached hydrogen (secondary N) is 1. The van der Waals surface area contributed by atoms with Gasteiger partial charge in [0, 0.05) is 17.8 Å². The van der Waals surface area contributed by atoms with E-state index in [9.17, 15) is 20.0 Å². The van der Waals surface area contributed by atoms with Crippen LogP contribution in [0, 0.1) is 10.1 Å². The van der Waals surface area contributed by atoms with E-state index in [0.29, 0.717) is 34.1 Å². The van der Waals surface area contributed by atoms with E-state index in [0.717, 1.165) is 0 Å². The molecule has 3 rings (SSSR count). The first-order chi connectivity index (χ1) is 14.4. The molecule has 0 saturated carbocycles. The number of methoxy groups -OCH3 is 1. The number of ether oxygens (including phenoxy) is 1. The minimum absolute atomic E-state index is 0.0228. The molecule has 1 amide bonds. The molecule has 154 valence electrons. The summed E-state index contributed by atoms with van der Waals surface area (Å²) >= 11 is 5.79. The van der Waals surface area contributed by atoms with Crippen LogP contribution >= 0.6 is 11.6 Å². The number of nitro groups is 1. The summed E-state index contributed by atoms with van der Waals surface area (Å²) in [6, 6.07) is 12.6. The first-order valence-corrected chi connectivity index (χ1v) is 9.10. The lowest BCUT2D eigenvalue weighted by molar-refractivity contribution is -0.384. The van der Waals surface area contributed by atoms with Crippen molar-refractivity contribution in [2.75, 3.05) is 12.4 Å². The smallest absolute Gasteiger partial charge is 0.288 e. The molecule has 1 heterocycles. The quantitative estimate of drug-likeness (QED) is 0.321. The third kappa shape index (κ3) is 4.86. The van der Waals surface area contributed by atoms with Crippen LogP contribution in [0.25, 0.3) is 17.4 Å². The molecule has 0 unspecified atom stereocenters. The molecular weight excluding hydrogens is 412 g/mol. The normalized spacial score (nSPS) is 10.9. The number of hydrogen-bond donors (Lipinski definition) is 2. The van der Waals surface area contributed by atoms with Gasteiger partial charge in [-0.3, -0.25) is 14.9 Å². The molecule has 8 nitrogen and oxygen atoms in total. The van der Waals surface area contributed by atoms with E-state index < -0.39 is 10.8 Å². The Balaban J connectivity index is 1.78. The number of aliphatic hydroxyl groups excluding tert-OH is 1. The summed E-state index contributed by atoms with van der Waals surface area (Å²) < 4.78 is 10.9. The van der Waals surface area contributed by atoms with Gasteiger partial charge in [0.25, 0.3) is 5.69 Å². The summed E-state index contributed by atoms with van der Waals surface area (Å²) in [5, 5.41) is 22.9. The fourth-order valence-electron chi connectivity index (χ4n) is 2.72. The molecule has 3 aromatic rings. The molecule has 0 saturated heterocycles. The first kappa shape index (κ1) is 21.1. The number of carbonyl (C=O) groups excluding carboxylic acids is 1. The van der Waals surface area contributed by atoms with Crippen molar-refractivity contribution in [2.45, 2.75) is 6.61 Å². The first-order valence-electron chi connectivity index (χ1n) is 8.72. The zero-order chi connectivity index (χ0) is 21.7. The Bertz CT molecular complexity index is 1120. The van der Waals surface area contributed by atoms with Gasteiger partial charge < -0.3 is 19.6 Å². The van der Waals surface area contributed by atoms with Crippen LogP contribution in [0.2, 0.25) is 5.02 Å². The van der Waals surface area contributed by atoms with Gasteiger partial charge in [0.05, 0.1) is 17.6 Å². The van der Waals surface area contributed by atoms with Gasteiger partial charge in [0.15, 0.2) is 0 Å². The summed E-state index contributed by atoms with van der Waals surface area (Å²) in [5.74, 6) is 0.993. The van der Waals surface area contributed by atoms with Gasteiger partial charge in [-0.2, -0.15) is 0 Å². The van der Waals surface area contributed by atoms with Crippen molar-refractivity contribution in [3.8, 4) is 17.1 Å². The molecular formula is C21H17ClN2O6. The highest BCUT2D eigenvalue weighted by Gasteiger charge is 2.13. The van der Waals surface area contributed by atoms with Crippen molar-refractivity contribution in [2.24, 2.45) is 0 Å². The maximum atomic E-state index is 12.3. The summed E-state index contributed by atoms with van der Waals surface area (Å²) in [4.78, 5) is 22.7. The number of hydrogen-bond acceptors (Lipinski definition) is 6. The van der Waals surface area contributed by atoms with Gasteiger partial charge in [-0.25, -0.2) is 0 Å². The monoisotopic (exact) mass is 428 g/mol. The van der Waals surface area contributed by atoms with Gasteiger partial charge in [-0.1, -0.05) is 17.7 Å². The lowest BCUT2D eigenvalue weighted by Gasteiger charge is -2.09. The standard InChI is InChI=1S/C21H17ClN2O6/c1-29-19-7-4-14(11-16(19)20-8-5-15(12-25)30-20)23-21(26)9-3-13-2-6-17(22)18(10-13)24(27)28/h2-11,25H,12H2,1H3,(H,23,26)/b9-3+. The van der Waals surface area contributed by atoms with Crippen LogP contribution < -0.4 is 10.1 Å². The minimum Gasteiger partial charge on any atom is -0.496 e. The van der Waals surface area contributed by atoms with E-state index in [4.69, 9.17) is 20.8 Å². The molecule has 30 heavy (non-hydrogen) atoms. The van der Waals surface area contributed by atoms with Crippen LogP contribution in [0.3, 0.4) is 0 Å². The summed E-state index contributed by atoms with van der Waals surface area (Å²) in [6.45, 7) is -0.230. The molecule has 0 spiro atoms. The molecule has 9 heteroatoms. The van der Waals surface area contributed by atoms with Crippen LogP contribution in [0.1, 0.15) is 11.3 Å². The number of anilines is 1. The average molecular weight is 429 g/mol.